The molecule has 0 unspecified atom stereocenters. The molecule has 0 aliphatic heterocycles. The molecule has 2 N–H and O–H groups in total. The largest absolute Gasteiger partial charge is 0.320 e. The molecule has 0 atom stereocenters. The molecule has 3 rings (SSSR count). The Morgan fingerprint density at radius 2 is 0.967 bits per heavy atom. The van der Waals surface area contributed by atoms with Crippen molar-refractivity contribution in [3.05, 3.63) is 87.2 Å². The van der Waals surface area contributed by atoms with Crippen LogP contribution in [0.5, 0.6) is 0 Å². The van der Waals surface area contributed by atoms with E-state index in [0.717, 1.165) is 44.8 Å². The summed E-state index contributed by atoms with van der Waals surface area (Å²) in [5, 5.41) is 5.86. The topological polar surface area (TPSA) is 71.1 Å². The molecule has 30 heavy (non-hydrogen) atoms. The van der Waals surface area contributed by atoms with Crippen LogP contribution in [0.4, 0.5) is 11.4 Å². The normalized spacial score (nSPS) is 10.6. The van der Waals surface area contributed by atoms with Gasteiger partial charge in [-0.05, 0) is 75.9 Å². The zero-order chi connectivity index (χ0) is 22.0. The standard InChI is InChI=1S/C25H27N3O2/c1-14-10-16(3)22(17(4)11-14)27-24(29)20-8-7-9-21(26-20)25(30)28-23-18(5)12-15(2)13-19(23)6/h7-13H,1-6H3,(H,27,29)(H,28,30). The fourth-order valence-electron chi connectivity index (χ4n) is 3.80. The van der Waals surface area contributed by atoms with Gasteiger partial charge in [0.25, 0.3) is 11.8 Å². The van der Waals surface area contributed by atoms with Crippen LogP contribution in [0.25, 0.3) is 0 Å². The lowest BCUT2D eigenvalue weighted by Gasteiger charge is -2.14. The van der Waals surface area contributed by atoms with E-state index in [1.165, 1.54) is 0 Å². The molecule has 2 aromatic carbocycles. The van der Waals surface area contributed by atoms with E-state index >= 15 is 0 Å². The molecule has 5 heteroatoms. The third-order valence-electron chi connectivity index (χ3n) is 5.05. The quantitative estimate of drug-likeness (QED) is 0.612. The predicted octanol–water partition coefficient (Wildman–Crippen LogP) is 5.44. The minimum atomic E-state index is -0.345. The second kappa shape index (κ2) is 8.49. The summed E-state index contributed by atoms with van der Waals surface area (Å²) in [5.74, 6) is -0.690. The van der Waals surface area contributed by atoms with E-state index in [4.69, 9.17) is 0 Å². The van der Waals surface area contributed by atoms with Gasteiger partial charge < -0.3 is 10.6 Å². The Bertz CT molecular complexity index is 1020. The van der Waals surface area contributed by atoms with Crippen LogP contribution in [-0.2, 0) is 0 Å². The van der Waals surface area contributed by atoms with E-state index in [1.54, 1.807) is 18.2 Å². The molecule has 3 aromatic rings. The van der Waals surface area contributed by atoms with Gasteiger partial charge in [0.15, 0.2) is 0 Å². The summed E-state index contributed by atoms with van der Waals surface area (Å²) in [5.41, 5.74) is 8.16. The van der Waals surface area contributed by atoms with E-state index < -0.39 is 0 Å². The molecule has 1 heterocycles. The predicted molar refractivity (Wildman–Crippen MR) is 121 cm³/mol. The molecular weight excluding hydrogens is 374 g/mol. The summed E-state index contributed by atoms with van der Waals surface area (Å²) in [6, 6.07) is 13.0. The van der Waals surface area contributed by atoms with Crippen molar-refractivity contribution in [2.75, 3.05) is 10.6 Å². The average Bonchev–Trinajstić information content (AvgIpc) is 2.67. The van der Waals surface area contributed by atoms with Gasteiger partial charge in [0.05, 0.1) is 0 Å². The average molecular weight is 402 g/mol. The summed E-state index contributed by atoms with van der Waals surface area (Å²) < 4.78 is 0. The number of nitrogens with one attached hydrogen (secondary N) is 2. The first-order valence-corrected chi connectivity index (χ1v) is 9.91. The first-order chi connectivity index (χ1) is 14.2. The van der Waals surface area contributed by atoms with Gasteiger partial charge in [-0.1, -0.05) is 41.5 Å². The van der Waals surface area contributed by atoms with Gasteiger partial charge >= 0.3 is 0 Å². The van der Waals surface area contributed by atoms with Gasteiger partial charge in [-0.3, -0.25) is 9.59 Å². The van der Waals surface area contributed by atoms with E-state index in [1.807, 2.05) is 65.8 Å². The lowest BCUT2D eigenvalue weighted by Crippen LogP contribution is -2.20. The Kier molecular flexibility index (Phi) is 6.01. The maximum Gasteiger partial charge on any atom is 0.274 e. The van der Waals surface area contributed by atoms with Crippen LogP contribution in [0.2, 0.25) is 0 Å². The van der Waals surface area contributed by atoms with Gasteiger partial charge in [-0.2, -0.15) is 0 Å². The zero-order valence-corrected chi connectivity index (χ0v) is 18.3. The summed E-state index contributed by atoms with van der Waals surface area (Å²) in [6.45, 7) is 11.9. The number of aromatic nitrogens is 1. The Morgan fingerprint density at radius 1 is 0.633 bits per heavy atom. The van der Waals surface area contributed by atoms with Crippen LogP contribution < -0.4 is 10.6 Å². The molecule has 154 valence electrons. The molecule has 1 aromatic heterocycles. The number of hydrogen-bond acceptors (Lipinski definition) is 3. The van der Waals surface area contributed by atoms with Gasteiger partial charge in [-0.15, -0.1) is 0 Å². The summed E-state index contributed by atoms with van der Waals surface area (Å²) >= 11 is 0. The highest BCUT2D eigenvalue weighted by atomic mass is 16.2. The van der Waals surface area contributed by atoms with Crippen LogP contribution in [0.15, 0.2) is 42.5 Å². The van der Waals surface area contributed by atoms with Crippen molar-refractivity contribution in [3.63, 3.8) is 0 Å². The lowest BCUT2D eigenvalue weighted by molar-refractivity contribution is 0.101. The van der Waals surface area contributed by atoms with Crippen molar-refractivity contribution in [1.82, 2.24) is 4.98 Å². The number of rotatable bonds is 4. The third kappa shape index (κ3) is 4.57. The number of nitrogens with zero attached hydrogens (tertiary/aromatic N) is 1. The number of carbonyl (C=O) groups excluding carboxylic acids is 2. The second-order valence-electron chi connectivity index (χ2n) is 7.86. The summed E-state index contributed by atoms with van der Waals surface area (Å²) in [6.07, 6.45) is 0. The summed E-state index contributed by atoms with van der Waals surface area (Å²) in [4.78, 5) is 29.8. The molecule has 0 spiro atoms. The van der Waals surface area contributed by atoms with Gasteiger partial charge in [0.1, 0.15) is 11.4 Å². The van der Waals surface area contributed by atoms with Crippen molar-refractivity contribution in [2.45, 2.75) is 41.5 Å². The van der Waals surface area contributed by atoms with E-state index in [2.05, 4.69) is 15.6 Å². The molecule has 0 bridgehead atoms. The van der Waals surface area contributed by atoms with Crippen LogP contribution in [0.3, 0.4) is 0 Å². The maximum atomic E-state index is 12.8. The Balaban J connectivity index is 1.82. The van der Waals surface area contributed by atoms with Crippen LogP contribution >= 0.6 is 0 Å². The molecular formula is C25H27N3O2. The van der Waals surface area contributed by atoms with Gasteiger partial charge in [0, 0.05) is 11.4 Å². The second-order valence-corrected chi connectivity index (χ2v) is 7.86. The number of pyridine rings is 1. The maximum absolute atomic E-state index is 12.8. The van der Waals surface area contributed by atoms with Crippen molar-refractivity contribution >= 4 is 23.2 Å². The molecule has 2 amide bonds. The number of benzene rings is 2. The highest BCUT2D eigenvalue weighted by molar-refractivity contribution is 6.07. The van der Waals surface area contributed by atoms with Crippen LogP contribution in [0.1, 0.15) is 54.4 Å². The number of hydrogen-bond donors (Lipinski definition) is 2. The Hall–Kier alpha value is -3.47. The Labute approximate surface area is 177 Å². The minimum Gasteiger partial charge on any atom is -0.320 e. The molecule has 0 aliphatic rings. The summed E-state index contributed by atoms with van der Waals surface area (Å²) in [7, 11) is 0. The van der Waals surface area contributed by atoms with Crippen molar-refractivity contribution in [2.24, 2.45) is 0 Å². The minimum absolute atomic E-state index is 0.194. The smallest absolute Gasteiger partial charge is 0.274 e. The van der Waals surface area contributed by atoms with Crippen molar-refractivity contribution in [3.8, 4) is 0 Å². The third-order valence-corrected chi connectivity index (χ3v) is 5.05. The van der Waals surface area contributed by atoms with Crippen molar-refractivity contribution < 1.29 is 9.59 Å². The van der Waals surface area contributed by atoms with Crippen LogP contribution in [0, 0.1) is 41.5 Å². The highest BCUT2D eigenvalue weighted by Gasteiger charge is 2.16. The van der Waals surface area contributed by atoms with Gasteiger partial charge in [-0.25, -0.2) is 4.98 Å². The lowest BCUT2D eigenvalue weighted by atomic mass is 10.0. The first-order valence-electron chi connectivity index (χ1n) is 9.91. The monoisotopic (exact) mass is 401 g/mol. The van der Waals surface area contributed by atoms with Crippen LogP contribution in [-0.4, -0.2) is 16.8 Å². The fourth-order valence-corrected chi connectivity index (χ4v) is 3.80. The highest BCUT2D eigenvalue weighted by Crippen LogP contribution is 2.24. The zero-order valence-electron chi connectivity index (χ0n) is 18.3. The fraction of sp³-hybridized carbons (Fsp3) is 0.240. The number of anilines is 2. The Morgan fingerprint density at radius 3 is 1.30 bits per heavy atom. The van der Waals surface area contributed by atoms with E-state index in [0.29, 0.717) is 0 Å². The SMILES string of the molecule is Cc1cc(C)c(NC(=O)c2cccc(C(=O)Nc3c(C)cc(C)cc3C)n2)c(C)c1. The van der Waals surface area contributed by atoms with Gasteiger partial charge in [0.2, 0.25) is 0 Å². The number of aryl methyl sites for hydroxylation is 6. The molecule has 0 aliphatic carbocycles. The number of amides is 2. The number of carbonyl (C=O) groups is 2. The molecule has 0 saturated heterocycles. The molecule has 0 saturated carbocycles. The molecule has 0 radical (unpaired) electrons. The first kappa shape index (κ1) is 21.2. The molecule has 5 nitrogen and oxygen atoms in total. The molecule has 0 fully saturated rings. The van der Waals surface area contributed by atoms with E-state index in [-0.39, 0.29) is 23.2 Å². The van der Waals surface area contributed by atoms with E-state index in [9.17, 15) is 9.59 Å². The van der Waals surface area contributed by atoms with Crippen molar-refractivity contribution in [1.29, 1.82) is 0 Å².